The van der Waals surface area contributed by atoms with Crippen molar-refractivity contribution in [2.75, 3.05) is 10.6 Å². The normalized spacial score (nSPS) is 10.5. The van der Waals surface area contributed by atoms with Crippen LogP contribution < -0.4 is 10.6 Å². The maximum Gasteiger partial charge on any atom is 0.229 e. The zero-order valence-corrected chi connectivity index (χ0v) is 15.2. The minimum atomic E-state index is -0.0304. The van der Waals surface area contributed by atoms with Gasteiger partial charge in [0.15, 0.2) is 0 Å². The molecule has 25 heavy (non-hydrogen) atoms. The van der Waals surface area contributed by atoms with E-state index < -0.39 is 0 Å². The summed E-state index contributed by atoms with van der Waals surface area (Å²) in [6, 6.07) is 13.9. The topological polar surface area (TPSA) is 54.0 Å². The maximum absolute atomic E-state index is 12.0. The van der Waals surface area contributed by atoms with Crippen molar-refractivity contribution in [3.8, 4) is 0 Å². The van der Waals surface area contributed by atoms with Crippen molar-refractivity contribution in [2.24, 2.45) is 0 Å². The van der Waals surface area contributed by atoms with Gasteiger partial charge >= 0.3 is 0 Å². The number of aryl methyl sites for hydroxylation is 2. The lowest BCUT2D eigenvalue weighted by Gasteiger charge is -2.13. The van der Waals surface area contributed by atoms with Crippen LogP contribution in [0.15, 0.2) is 54.0 Å². The Morgan fingerprint density at radius 2 is 2.04 bits per heavy atom. The Morgan fingerprint density at radius 3 is 2.72 bits per heavy atom. The highest BCUT2D eigenvalue weighted by atomic mass is 32.1. The van der Waals surface area contributed by atoms with Gasteiger partial charge in [-0.1, -0.05) is 31.2 Å². The molecule has 0 aliphatic heterocycles. The van der Waals surface area contributed by atoms with E-state index in [1.165, 1.54) is 11.1 Å². The summed E-state index contributed by atoms with van der Waals surface area (Å²) in [5.74, 6) is 0.734. The van der Waals surface area contributed by atoms with Gasteiger partial charge in [0.1, 0.15) is 5.82 Å². The van der Waals surface area contributed by atoms with E-state index in [1.54, 1.807) is 17.5 Å². The first-order valence-corrected chi connectivity index (χ1v) is 9.17. The minimum Gasteiger partial charge on any atom is -0.340 e. The molecule has 2 heterocycles. The third-order valence-electron chi connectivity index (χ3n) is 3.96. The smallest absolute Gasteiger partial charge is 0.229 e. The van der Waals surface area contributed by atoms with Gasteiger partial charge in [0.05, 0.1) is 18.3 Å². The molecule has 0 unspecified atom stereocenters. The third kappa shape index (κ3) is 4.45. The van der Waals surface area contributed by atoms with E-state index in [2.05, 4.69) is 47.7 Å². The van der Waals surface area contributed by atoms with Crippen LogP contribution in [0.3, 0.4) is 0 Å². The van der Waals surface area contributed by atoms with Crippen molar-refractivity contribution in [2.45, 2.75) is 26.7 Å². The SMILES string of the molecule is CCc1cccc(C)c1Nc1ccc(NC(=O)Cc2cccs2)cn1. The fraction of sp³-hybridized carbons (Fsp3) is 0.200. The molecule has 0 radical (unpaired) electrons. The fourth-order valence-electron chi connectivity index (χ4n) is 2.65. The quantitative estimate of drug-likeness (QED) is 0.661. The summed E-state index contributed by atoms with van der Waals surface area (Å²) in [4.78, 5) is 17.5. The number of rotatable bonds is 6. The van der Waals surface area contributed by atoms with Gasteiger partial charge < -0.3 is 10.6 Å². The average Bonchev–Trinajstić information content (AvgIpc) is 3.11. The highest BCUT2D eigenvalue weighted by molar-refractivity contribution is 7.10. The lowest BCUT2D eigenvalue weighted by Crippen LogP contribution is -2.13. The van der Waals surface area contributed by atoms with Crippen LogP contribution in [0, 0.1) is 6.92 Å². The molecule has 2 aromatic heterocycles. The van der Waals surface area contributed by atoms with Gasteiger partial charge in [-0.25, -0.2) is 4.98 Å². The Morgan fingerprint density at radius 1 is 1.16 bits per heavy atom. The Kier molecular flexibility index (Phi) is 5.46. The average molecular weight is 351 g/mol. The molecule has 1 amide bonds. The minimum absolute atomic E-state index is 0.0304. The van der Waals surface area contributed by atoms with Crippen molar-refractivity contribution >= 4 is 34.4 Å². The molecule has 2 N–H and O–H groups in total. The second-order valence-electron chi connectivity index (χ2n) is 5.82. The Bertz CT molecular complexity index is 842. The fourth-order valence-corrected chi connectivity index (χ4v) is 3.35. The summed E-state index contributed by atoms with van der Waals surface area (Å²) < 4.78 is 0. The lowest BCUT2D eigenvalue weighted by atomic mass is 10.1. The molecule has 0 atom stereocenters. The number of hydrogen-bond donors (Lipinski definition) is 2. The number of amides is 1. The molecule has 0 saturated heterocycles. The number of nitrogens with zero attached hydrogens (tertiary/aromatic N) is 1. The van der Waals surface area contributed by atoms with Gasteiger partial charge in [-0.3, -0.25) is 4.79 Å². The Labute approximate surface area is 151 Å². The van der Waals surface area contributed by atoms with E-state index in [-0.39, 0.29) is 5.91 Å². The van der Waals surface area contributed by atoms with Gasteiger partial charge in [-0.2, -0.15) is 0 Å². The van der Waals surface area contributed by atoms with Crippen LogP contribution in [0.2, 0.25) is 0 Å². The monoisotopic (exact) mass is 351 g/mol. The molecule has 0 fully saturated rings. The number of hydrogen-bond acceptors (Lipinski definition) is 4. The number of carbonyl (C=O) groups is 1. The van der Waals surface area contributed by atoms with Crippen LogP contribution in [0.25, 0.3) is 0 Å². The van der Waals surface area contributed by atoms with Crippen molar-refractivity contribution in [3.05, 3.63) is 70.0 Å². The number of nitrogens with one attached hydrogen (secondary N) is 2. The molecule has 0 saturated carbocycles. The largest absolute Gasteiger partial charge is 0.340 e. The summed E-state index contributed by atoms with van der Waals surface area (Å²) in [6.07, 6.45) is 3.03. The summed E-state index contributed by atoms with van der Waals surface area (Å²) in [7, 11) is 0. The Hall–Kier alpha value is -2.66. The van der Waals surface area contributed by atoms with Gasteiger partial charge in [0.25, 0.3) is 0 Å². The second-order valence-corrected chi connectivity index (χ2v) is 6.86. The van der Waals surface area contributed by atoms with Gasteiger partial charge in [0, 0.05) is 10.6 Å². The van der Waals surface area contributed by atoms with Crippen molar-refractivity contribution in [1.82, 2.24) is 4.98 Å². The summed E-state index contributed by atoms with van der Waals surface area (Å²) in [6.45, 7) is 4.22. The van der Waals surface area contributed by atoms with Crippen LogP contribution >= 0.6 is 11.3 Å². The molecule has 0 aliphatic rings. The van der Waals surface area contributed by atoms with Crippen molar-refractivity contribution in [3.63, 3.8) is 0 Å². The molecule has 5 heteroatoms. The molecule has 0 bridgehead atoms. The van der Waals surface area contributed by atoms with E-state index in [0.717, 1.165) is 22.8 Å². The summed E-state index contributed by atoms with van der Waals surface area (Å²) in [5, 5.41) is 8.24. The molecule has 1 aromatic carbocycles. The number of benzene rings is 1. The molecule has 4 nitrogen and oxygen atoms in total. The Balaban J connectivity index is 1.65. The zero-order valence-electron chi connectivity index (χ0n) is 14.4. The first-order chi connectivity index (χ1) is 12.2. The number of pyridine rings is 1. The molecule has 3 aromatic rings. The predicted octanol–water partition coefficient (Wildman–Crippen LogP) is 4.94. The standard InChI is InChI=1S/C20H21N3OS/c1-3-15-7-4-6-14(2)20(15)23-18-10-9-16(13-21-18)22-19(24)12-17-8-5-11-25-17/h4-11,13H,3,12H2,1-2H3,(H,21,23)(H,22,24). The maximum atomic E-state index is 12.0. The highest BCUT2D eigenvalue weighted by Crippen LogP contribution is 2.25. The molecule has 128 valence electrons. The number of carbonyl (C=O) groups excluding carboxylic acids is 1. The zero-order chi connectivity index (χ0) is 17.6. The van der Waals surface area contributed by atoms with E-state index in [0.29, 0.717) is 12.1 Å². The summed E-state index contributed by atoms with van der Waals surface area (Å²) in [5.41, 5.74) is 4.25. The van der Waals surface area contributed by atoms with E-state index >= 15 is 0 Å². The first kappa shape index (κ1) is 17.2. The lowest BCUT2D eigenvalue weighted by molar-refractivity contribution is -0.115. The number of thiophene rings is 1. The summed E-state index contributed by atoms with van der Waals surface area (Å²) >= 11 is 1.58. The van der Waals surface area contributed by atoms with E-state index in [9.17, 15) is 4.79 Å². The van der Waals surface area contributed by atoms with E-state index in [4.69, 9.17) is 0 Å². The van der Waals surface area contributed by atoms with Gasteiger partial charge in [-0.05, 0) is 48.1 Å². The van der Waals surface area contributed by atoms with Gasteiger partial charge in [-0.15, -0.1) is 11.3 Å². The van der Waals surface area contributed by atoms with Crippen LogP contribution in [0.4, 0.5) is 17.2 Å². The number of aromatic nitrogens is 1. The molecule has 3 rings (SSSR count). The molecule has 0 spiro atoms. The van der Waals surface area contributed by atoms with Gasteiger partial charge in [0.2, 0.25) is 5.91 Å². The van der Waals surface area contributed by atoms with Crippen molar-refractivity contribution in [1.29, 1.82) is 0 Å². The van der Waals surface area contributed by atoms with Crippen LogP contribution in [0.5, 0.6) is 0 Å². The first-order valence-electron chi connectivity index (χ1n) is 8.29. The third-order valence-corrected chi connectivity index (χ3v) is 4.83. The van der Waals surface area contributed by atoms with Crippen LogP contribution in [0.1, 0.15) is 22.9 Å². The molecular weight excluding hydrogens is 330 g/mol. The van der Waals surface area contributed by atoms with Crippen LogP contribution in [-0.2, 0) is 17.6 Å². The molecule has 0 aliphatic carbocycles. The second kappa shape index (κ2) is 7.94. The highest BCUT2D eigenvalue weighted by Gasteiger charge is 2.07. The van der Waals surface area contributed by atoms with Crippen LogP contribution in [-0.4, -0.2) is 10.9 Å². The molecular formula is C20H21N3OS. The van der Waals surface area contributed by atoms with E-state index in [1.807, 2.05) is 29.6 Å². The van der Waals surface area contributed by atoms with Crippen molar-refractivity contribution < 1.29 is 4.79 Å². The number of para-hydroxylation sites is 1. The predicted molar refractivity (Wildman–Crippen MR) is 105 cm³/mol. The number of anilines is 3.